The topological polar surface area (TPSA) is 72.6 Å². The normalized spacial score (nSPS) is 24.8. The summed E-state index contributed by atoms with van der Waals surface area (Å²) in [4.78, 5) is -0.0907. The summed E-state index contributed by atoms with van der Waals surface area (Å²) in [6, 6.07) is 2.20. The molecule has 8 heteroatoms. The predicted molar refractivity (Wildman–Crippen MR) is 77.3 cm³/mol. The van der Waals surface area contributed by atoms with Gasteiger partial charge in [0.15, 0.2) is 0 Å². The SMILES string of the molecule is CC1CN(S(=O)(=O)c2cc(Br)c(F)cc2N)CC(C)O1. The molecule has 0 amide bonds. The number of morpholine rings is 1. The van der Waals surface area contributed by atoms with Gasteiger partial charge in [-0.1, -0.05) is 0 Å². The quantitative estimate of drug-likeness (QED) is 0.812. The van der Waals surface area contributed by atoms with Crippen LogP contribution in [0, 0.1) is 5.82 Å². The van der Waals surface area contributed by atoms with Gasteiger partial charge in [-0.3, -0.25) is 0 Å². The molecular formula is C12H16BrFN2O3S. The lowest BCUT2D eigenvalue weighted by Gasteiger charge is -2.34. The van der Waals surface area contributed by atoms with Gasteiger partial charge < -0.3 is 10.5 Å². The Morgan fingerprint density at radius 3 is 2.45 bits per heavy atom. The smallest absolute Gasteiger partial charge is 0.245 e. The van der Waals surface area contributed by atoms with Gasteiger partial charge in [-0.2, -0.15) is 4.31 Å². The number of hydrogen-bond donors (Lipinski definition) is 1. The average molecular weight is 367 g/mol. The number of rotatable bonds is 2. The lowest BCUT2D eigenvalue weighted by molar-refractivity contribution is -0.0440. The molecule has 5 nitrogen and oxygen atoms in total. The average Bonchev–Trinajstić information content (AvgIpc) is 2.32. The Balaban J connectivity index is 2.42. The van der Waals surface area contributed by atoms with Gasteiger partial charge in [0.1, 0.15) is 10.7 Å². The number of nitrogen functional groups attached to an aromatic ring is 1. The van der Waals surface area contributed by atoms with Crippen LogP contribution in [0.25, 0.3) is 0 Å². The van der Waals surface area contributed by atoms with Crippen LogP contribution in [0.3, 0.4) is 0 Å². The third-order valence-corrected chi connectivity index (χ3v) is 5.55. The molecule has 1 aliphatic rings. The van der Waals surface area contributed by atoms with Gasteiger partial charge in [0.05, 0.1) is 22.4 Å². The maximum absolute atomic E-state index is 13.4. The third-order valence-electron chi connectivity index (χ3n) is 3.06. The monoisotopic (exact) mass is 366 g/mol. The summed E-state index contributed by atoms with van der Waals surface area (Å²) in [6.45, 7) is 4.12. The molecular weight excluding hydrogens is 351 g/mol. The van der Waals surface area contributed by atoms with Crippen molar-refractivity contribution in [3.63, 3.8) is 0 Å². The number of ether oxygens (including phenoxy) is 1. The fourth-order valence-electron chi connectivity index (χ4n) is 2.23. The molecule has 1 fully saturated rings. The van der Waals surface area contributed by atoms with Gasteiger partial charge in [-0.15, -0.1) is 0 Å². The van der Waals surface area contributed by atoms with Gasteiger partial charge in [0.2, 0.25) is 10.0 Å². The van der Waals surface area contributed by atoms with Crippen LogP contribution in [0.5, 0.6) is 0 Å². The molecule has 0 aliphatic carbocycles. The number of benzene rings is 1. The molecule has 0 saturated carbocycles. The fraction of sp³-hybridized carbons (Fsp3) is 0.500. The molecule has 1 aromatic carbocycles. The number of hydrogen-bond acceptors (Lipinski definition) is 4. The predicted octanol–water partition coefficient (Wildman–Crippen LogP) is 1.97. The summed E-state index contributed by atoms with van der Waals surface area (Å²) in [5.41, 5.74) is 5.55. The minimum absolute atomic E-state index is 0.0691. The first kappa shape index (κ1) is 15.7. The molecule has 20 heavy (non-hydrogen) atoms. The molecule has 0 spiro atoms. The molecule has 2 atom stereocenters. The van der Waals surface area contributed by atoms with Crippen LogP contribution >= 0.6 is 15.9 Å². The van der Waals surface area contributed by atoms with Crippen LogP contribution in [0.4, 0.5) is 10.1 Å². The van der Waals surface area contributed by atoms with Crippen molar-refractivity contribution in [1.29, 1.82) is 0 Å². The van der Waals surface area contributed by atoms with E-state index in [2.05, 4.69) is 15.9 Å². The van der Waals surface area contributed by atoms with Crippen LogP contribution in [-0.2, 0) is 14.8 Å². The molecule has 1 aromatic rings. The standard InChI is InChI=1S/C12H16BrFN2O3S/c1-7-5-16(6-8(2)19-7)20(17,18)12-3-9(13)10(14)4-11(12)15/h3-4,7-8H,5-6,15H2,1-2H3. The highest BCUT2D eigenvalue weighted by Crippen LogP contribution is 2.29. The number of anilines is 1. The van der Waals surface area contributed by atoms with Gasteiger partial charge >= 0.3 is 0 Å². The summed E-state index contributed by atoms with van der Waals surface area (Å²) in [5.74, 6) is -0.592. The van der Waals surface area contributed by atoms with Crippen LogP contribution in [0.1, 0.15) is 13.8 Å². The molecule has 1 saturated heterocycles. The van der Waals surface area contributed by atoms with E-state index in [-0.39, 0.29) is 40.4 Å². The Hall–Kier alpha value is -0.700. The van der Waals surface area contributed by atoms with E-state index in [1.54, 1.807) is 0 Å². The van der Waals surface area contributed by atoms with E-state index in [9.17, 15) is 12.8 Å². The zero-order valence-electron chi connectivity index (χ0n) is 11.1. The zero-order valence-corrected chi connectivity index (χ0v) is 13.5. The van der Waals surface area contributed by atoms with Crippen molar-refractivity contribution in [1.82, 2.24) is 4.31 Å². The minimum Gasteiger partial charge on any atom is -0.398 e. The van der Waals surface area contributed by atoms with E-state index in [4.69, 9.17) is 10.5 Å². The molecule has 2 rings (SSSR count). The Morgan fingerprint density at radius 1 is 1.35 bits per heavy atom. The van der Waals surface area contributed by atoms with Crippen molar-refractivity contribution < 1.29 is 17.5 Å². The Morgan fingerprint density at radius 2 is 1.90 bits per heavy atom. The highest BCUT2D eigenvalue weighted by molar-refractivity contribution is 9.10. The summed E-state index contributed by atoms with van der Waals surface area (Å²) in [5, 5.41) is 0. The lowest BCUT2D eigenvalue weighted by atomic mass is 10.3. The van der Waals surface area contributed by atoms with E-state index in [0.717, 1.165) is 6.07 Å². The summed E-state index contributed by atoms with van der Waals surface area (Å²) < 4.78 is 45.5. The van der Waals surface area contributed by atoms with E-state index in [1.165, 1.54) is 10.4 Å². The molecule has 1 heterocycles. The number of nitrogens with zero attached hydrogens (tertiary/aromatic N) is 1. The molecule has 2 N–H and O–H groups in total. The number of sulfonamides is 1. The minimum atomic E-state index is -3.77. The zero-order chi connectivity index (χ0) is 15.1. The second kappa shape index (κ2) is 5.59. The van der Waals surface area contributed by atoms with E-state index >= 15 is 0 Å². The third kappa shape index (κ3) is 2.98. The maximum atomic E-state index is 13.4. The first-order valence-corrected chi connectivity index (χ1v) is 8.35. The van der Waals surface area contributed by atoms with Gasteiger partial charge in [0.25, 0.3) is 0 Å². The van der Waals surface area contributed by atoms with Crippen LogP contribution in [-0.4, -0.2) is 38.0 Å². The molecule has 0 aromatic heterocycles. The van der Waals surface area contributed by atoms with E-state index in [0.29, 0.717) is 0 Å². The second-order valence-electron chi connectivity index (χ2n) is 4.88. The first-order chi connectivity index (χ1) is 9.21. The number of halogens is 2. The molecule has 2 unspecified atom stereocenters. The van der Waals surface area contributed by atoms with Crippen molar-refractivity contribution in [2.24, 2.45) is 0 Å². The largest absolute Gasteiger partial charge is 0.398 e. The highest BCUT2D eigenvalue weighted by Gasteiger charge is 2.33. The fourth-order valence-corrected chi connectivity index (χ4v) is 4.44. The van der Waals surface area contributed by atoms with E-state index < -0.39 is 15.8 Å². The Labute approximate surface area is 126 Å². The van der Waals surface area contributed by atoms with Crippen molar-refractivity contribution in [2.75, 3.05) is 18.8 Å². The molecule has 112 valence electrons. The lowest BCUT2D eigenvalue weighted by Crippen LogP contribution is -2.48. The maximum Gasteiger partial charge on any atom is 0.245 e. The molecule has 0 bridgehead atoms. The van der Waals surface area contributed by atoms with Crippen molar-refractivity contribution in [3.8, 4) is 0 Å². The van der Waals surface area contributed by atoms with Crippen LogP contribution < -0.4 is 5.73 Å². The van der Waals surface area contributed by atoms with Crippen LogP contribution in [0.15, 0.2) is 21.5 Å². The first-order valence-electron chi connectivity index (χ1n) is 6.12. The van der Waals surface area contributed by atoms with Crippen molar-refractivity contribution >= 4 is 31.6 Å². The van der Waals surface area contributed by atoms with Gasteiger partial charge in [-0.05, 0) is 41.9 Å². The summed E-state index contributed by atoms with van der Waals surface area (Å²) in [6.07, 6.45) is -0.391. The van der Waals surface area contributed by atoms with Crippen LogP contribution in [0.2, 0.25) is 0 Å². The Kier molecular flexibility index (Phi) is 4.38. The van der Waals surface area contributed by atoms with E-state index in [1.807, 2.05) is 13.8 Å². The summed E-state index contributed by atoms with van der Waals surface area (Å²) in [7, 11) is -3.77. The van der Waals surface area contributed by atoms with Crippen molar-refractivity contribution in [2.45, 2.75) is 31.0 Å². The van der Waals surface area contributed by atoms with Crippen molar-refractivity contribution in [3.05, 3.63) is 22.4 Å². The highest BCUT2D eigenvalue weighted by atomic mass is 79.9. The summed E-state index contributed by atoms with van der Waals surface area (Å²) >= 11 is 2.98. The number of nitrogens with two attached hydrogens (primary N) is 1. The molecule has 1 aliphatic heterocycles. The second-order valence-corrected chi connectivity index (χ2v) is 7.64. The Bertz CT molecular complexity index is 613. The van der Waals surface area contributed by atoms with Gasteiger partial charge in [0, 0.05) is 13.1 Å². The molecule has 0 radical (unpaired) electrons. The van der Waals surface area contributed by atoms with Gasteiger partial charge in [-0.25, -0.2) is 12.8 Å².